The number of hydrogen-bond acceptors (Lipinski definition) is 3. The van der Waals surface area contributed by atoms with E-state index in [1.54, 1.807) is 11.3 Å². The van der Waals surface area contributed by atoms with Crippen LogP contribution in [-0.2, 0) is 0 Å². The molecule has 1 aromatic heterocycles. The molecule has 1 heterocycles. The van der Waals surface area contributed by atoms with E-state index in [0.29, 0.717) is 6.04 Å². The summed E-state index contributed by atoms with van der Waals surface area (Å²) in [6, 6.07) is 9.28. The van der Waals surface area contributed by atoms with Gasteiger partial charge in [-0.2, -0.15) is 0 Å². The molecule has 3 rings (SSSR count). The van der Waals surface area contributed by atoms with Crippen LogP contribution in [0.1, 0.15) is 31.7 Å². The van der Waals surface area contributed by atoms with Gasteiger partial charge in [-0.15, -0.1) is 11.3 Å². The predicted octanol–water partition coefficient (Wildman–Crippen LogP) is 4.97. The van der Waals surface area contributed by atoms with E-state index < -0.39 is 0 Å². The number of aromatic nitrogens is 1. The largest absolute Gasteiger partial charge is 0.382 e. The lowest BCUT2D eigenvalue weighted by Crippen LogP contribution is -2.37. The first-order valence-electron chi connectivity index (χ1n) is 7.41. The Labute approximate surface area is 125 Å². The molecule has 0 bridgehead atoms. The molecule has 1 fully saturated rings. The Morgan fingerprint density at radius 2 is 2.10 bits per heavy atom. The Kier molecular flexibility index (Phi) is 3.79. The zero-order valence-electron chi connectivity index (χ0n) is 12.4. The van der Waals surface area contributed by atoms with Crippen molar-refractivity contribution < 1.29 is 0 Å². The molecule has 0 unspecified atom stereocenters. The third kappa shape index (κ3) is 2.88. The molecule has 2 nitrogen and oxygen atoms in total. The van der Waals surface area contributed by atoms with Crippen LogP contribution in [0, 0.1) is 18.8 Å². The Morgan fingerprint density at radius 1 is 1.30 bits per heavy atom. The minimum atomic E-state index is 0.648. The van der Waals surface area contributed by atoms with Crippen LogP contribution >= 0.6 is 11.3 Å². The number of thiazole rings is 1. The third-order valence-electron chi connectivity index (χ3n) is 4.27. The van der Waals surface area contributed by atoms with Crippen LogP contribution in [0.5, 0.6) is 0 Å². The topological polar surface area (TPSA) is 24.9 Å². The van der Waals surface area contributed by atoms with E-state index in [1.165, 1.54) is 24.1 Å². The van der Waals surface area contributed by atoms with Crippen molar-refractivity contribution in [3.8, 4) is 11.3 Å². The second-order valence-electron chi connectivity index (χ2n) is 6.15. The number of rotatable bonds is 4. The molecular weight excluding hydrogens is 264 g/mol. The summed E-state index contributed by atoms with van der Waals surface area (Å²) in [6.45, 7) is 6.70. The maximum absolute atomic E-state index is 4.56. The SMILES string of the molecule is Cc1nc(-c2cccc(NC3CC(C(C)C)C3)c2)cs1. The Balaban J connectivity index is 1.67. The zero-order chi connectivity index (χ0) is 14.1. The van der Waals surface area contributed by atoms with E-state index in [9.17, 15) is 0 Å². The van der Waals surface area contributed by atoms with Crippen molar-refractivity contribution in [3.63, 3.8) is 0 Å². The Bertz CT molecular complexity index is 582. The number of hydrogen-bond donors (Lipinski definition) is 1. The molecule has 1 saturated carbocycles. The van der Waals surface area contributed by atoms with E-state index >= 15 is 0 Å². The summed E-state index contributed by atoms with van der Waals surface area (Å²) in [7, 11) is 0. The van der Waals surface area contributed by atoms with Gasteiger partial charge >= 0.3 is 0 Å². The summed E-state index contributed by atoms with van der Waals surface area (Å²) in [6.07, 6.45) is 2.61. The number of aryl methyl sites for hydroxylation is 1. The van der Waals surface area contributed by atoms with E-state index in [2.05, 4.69) is 60.7 Å². The van der Waals surface area contributed by atoms with Crippen molar-refractivity contribution in [1.82, 2.24) is 4.98 Å². The fourth-order valence-corrected chi connectivity index (χ4v) is 3.45. The van der Waals surface area contributed by atoms with Gasteiger partial charge < -0.3 is 5.32 Å². The third-order valence-corrected chi connectivity index (χ3v) is 5.04. The maximum atomic E-state index is 4.56. The van der Waals surface area contributed by atoms with Crippen molar-refractivity contribution in [2.24, 2.45) is 11.8 Å². The van der Waals surface area contributed by atoms with Gasteiger partial charge in [0.1, 0.15) is 0 Å². The highest BCUT2D eigenvalue weighted by molar-refractivity contribution is 7.09. The lowest BCUT2D eigenvalue weighted by molar-refractivity contribution is 0.212. The van der Waals surface area contributed by atoms with Crippen molar-refractivity contribution in [1.29, 1.82) is 0 Å². The van der Waals surface area contributed by atoms with Crippen molar-refractivity contribution >= 4 is 17.0 Å². The first-order valence-corrected chi connectivity index (χ1v) is 8.29. The van der Waals surface area contributed by atoms with Gasteiger partial charge in [-0.05, 0) is 43.7 Å². The molecule has 3 heteroatoms. The lowest BCUT2D eigenvalue weighted by atomic mass is 9.73. The number of benzene rings is 1. The van der Waals surface area contributed by atoms with Gasteiger partial charge in [-0.3, -0.25) is 0 Å². The van der Waals surface area contributed by atoms with Crippen LogP contribution in [0.4, 0.5) is 5.69 Å². The fraction of sp³-hybridized carbons (Fsp3) is 0.471. The average Bonchev–Trinajstić information content (AvgIpc) is 2.80. The number of anilines is 1. The van der Waals surface area contributed by atoms with E-state index in [4.69, 9.17) is 0 Å². The predicted molar refractivity (Wildman–Crippen MR) is 87.3 cm³/mol. The molecule has 0 aliphatic heterocycles. The molecule has 0 radical (unpaired) electrons. The normalized spacial score (nSPS) is 21.8. The van der Waals surface area contributed by atoms with Gasteiger partial charge in [0.05, 0.1) is 10.7 Å². The molecule has 0 amide bonds. The molecule has 20 heavy (non-hydrogen) atoms. The summed E-state index contributed by atoms with van der Waals surface area (Å²) in [5, 5.41) is 6.91. The first kappa shape index (κ1) is 13.6. The molecule has 1 N–H and O–H groups in total. The van der Waals surface area contributed by atoms with Crippen LogP contribution in [0.15, 0.2) is 29.6 Å². The first-order chi connectivity index (χ1) is 9.61. The maximum Gasteiger partial charge on any atom is 0.0901 e. The highest BCUT2D eigenvalue weighted by Crippen LogP contribution is 2.36. The second kappa shape index (κ2) is 5.57. The summed E-state index contributed by atoms with van der Waals surface area (Å²) >= 11 is 1.71. The van der Waals surface area contributed by atoms with Gasteiger partial charge in [0, 0.05) is 22.7 Å². The lowest BCUT2D eigenvalue weighted by Gasteiger charge is -2.39. The summed E-state index contributed by atoms with van der Waals surface area (Å²) < 4.78 is 0. The van der Waals surface area contributed by atoms with Gasteiger partial charge in [0.2, 0.25) is 0 Å². The highest BCUT2D eigenvalue weighted by Gasteiger charge is 2.30. The summed E-state index contributed by atoms with van der Waals surface area (Å²) in [5.41, 5.74) is 3.52. The van der Waals surface area contributed by atoms with Crippen molar-refractivity contribution in [2.75, 3.05) is 5.32 Å². The van der Waals surface area contributed by atoms with E-state index in [0.717, 1.165) is 22.5 Å². The van der Waals surface area contributed by atoms with Gasteiger partial charge in [-0.1, -0.05) is 26.0 Å². The second-order valence-corrected chi connectivity index (χ2v) is 7.21. The van der Waals surface area contributed by atoms with Gasteiger partial charge in [-0.25, -0.2) is 4.98 Å². The molecule has 1 aliphatic carbocycles. The quantitative estimate of drug-likeness (QED) is 0.858. The zero-order valence-corrected chi connectivity index (χ0v) is 13.2. The Morgan fingerprint density at radius 3 is 2.75 bits per heavy atom. The number of nitrogens with zero attached hydrogens (tertiary/aromatic N) is 1. The highest BCUT2D eigenvalue weighted by atomic mass is 32.1. The van der Waals surface area contributed by atoms with Crippen LogP contribution in [0.2, 0.25) is 0 Å². The Hall–Kier alpha value is -1.35. The van der Waals surface area contributed by atoms with Crippen LogP contribution in [-0.4, -0.2) is 11.0 Å². The molecule has 2 aromatic rings. The smallest absolute Gasteiger partial charge is 0.0901 e. The molecular formula is C17H22N2S. The van der Waals surface area contributed by atoms with Crippen LogP contribution < -0.4 is 5.32 Å². The molecule has 0 atom stereocenters. The average molecular weight is 286 g/mol. The fourth-order valence-electron chi connectivity index (χ4n) is 2.82. The molecule has 0 saturated heterocycles. The van der Waals surface area contributed by atoms with Crippen LogP contribution in [0.25, 0.3) is 11.3 Å². The van der Waals surface area contributed by atoms with Gasteiger partial charge in [0.25, 0.3) is 0 Å². The molecule has 1 aromatic carbocycles. The molecule has 1 aliphatic rings. The summed E-state index contributed by atoms with van der Waals surface area (Å²) in [5.74, 6) is 1.72. The van der Waals surface area contributed by atoms with Gasteiger partial charge in [0.15, 0.2) is 0 Å². The number of nitrogens with one attached hydrogen (secondary N) is 1. The standard InChI is InChI=1S/C17H22N2S/c1-11(2)14-8-16(9-14)19-15-6-4-5-13(7-15)17-10-20-12(3)18-17/h4-7,10-11,14,16,19H,8-9H2,1-3H3. The van der Waals surface area contributed by atoms with Crippen molar-refractivity contribution in [3.05, 3.63) is 34.7 Å². The molecule has 0 spiro atoms. The van der Waals surface area contributed by atoms with Crippen molar-refractivity contribution in [2.45, 2.75) is 39.7 Å². The summed E-state index contributed by atoms with van der Waals surface area (Å²) in [4.78, 5) is 4.56. The minimum Gasteiger partial charge on any atom is -0.382 e. The minimum absolute atomic E-state index is 0.648. The molecule has 106 valence electrons. The van der Waals surface area contributed by atoms with Crippen LogP contribution in [0.3, 0.4) is 0 Å². The monoisotopic (exact) mass is 286 g/mol. The van der Waals surface area contributed by atoms with E-state index in [-0.39, 0.29) is 0 Å². The van der Waals surface area contributed by atoms with E-state index in [1.807, 2.05) is 0 Å².